The average Bonchev–Trinajstić information content (AvgIpc) is 2.51. The van der Waals surface area contributed by atoms with E-state index in [1.165, 1.54) is 5.56 Å². The molecule has 0 radical (unpaired) electrons. The SMILES string of the molecule is CCCC(Oc1ccc(N)cc1)C(=O)c1ccc(C)c(C)c1. The van der Waals surface area contributed by atoms with Crippen LogP contribution in [0.4, 0.5) is 5.69 Å². The molecular weight excluding hydrogens is 274 g/mol. The van der Waals surface area contributed by atoms with Crippen LogP contribution in [-0.4, -0.2) is 11.9 Å². The zero-order chi connectivity index (χ0) is 16.1. The Labute approximate surface area is 132 Å². The maximum absolute atomic E-state index is 12.7. The van der Waals surface area contributed by atoms with E-state index in [0.717, 1.165) is 12.0 Å². The van der Waals surface area contributed by atoms with Crippen molar-refractivity contribution in [3.8, 4) is 5.75 Å². The number of ketones is 1. The van der Waals surface area contributed by atoms with Gasteiger partial charge < -0.3 is 10.5 Å². The van der Waals surface area contributed by atoms with Crippen molar-refractivity contribution in [3.63, 3.8) is 0 Å². The lowest BCUT2D eigenvalue weighted by Gasteiger charge is -2.18. The molecule has 2 rings (SSSR count). The van der Waals surface area contributed by atoms with E-state index in [2.05, 4.69) is 0 Å². The highest BCUT2D eigenvalue weighted by atomic mass is 16.5. The summed E-state index contributed by atoms with van der Waals surface area (Å²) < 4.78 is 5.89. The van der Waals surface area contributed by atoms with Gasteiger partial charge in [-0.25, -0.2) is 0 Å². The third kappa shape index (κ3) is 3.88. The van der Waals surface area contributed by atoms with E-state index in [-0.39, 0.29) is 5.78 Å². The third-order valence-electron chi connectivity index (χ3n) is 3.79. The molecule has 2 N–H and O–H groups in total. The van der Waals surface area contributed by atoms with Gasteiger partial charge in [-0.2, -0.15) is 0 Å². The van der Waals surface area contributed by atoms with E-state index in [0.29, 0.717) is 23.4 Å². The summed E-state index contributed by atoms with van der Waals surface area (Å²) in [7, 11) is 0. The standard InChI is InChI=1S/C19H23NO2/c1-4-5-18(22-17-10-8-16(20)9-11-17)19(21)15-7-6-13(2)14(3)12-15/h6-12,18H,4-5,20H2,1-3H3. The van der Waals surface area contributed by atoms with E-state index < -0.39 is 6.10 Å². The minimum absolute atomic E-state index is 0.0294. The Bertz CT molecular complexity index is 647. The monoisotopic (exact) mass is 297 g/mol. The second kappa shape index (κ2) is 7.12. The van der Waals surface area contributed by atoms with Gasteiger partial charge in [0.25, 0.3) is 0 Å². The van der Waals surface area contributed by atoms with Gasteiger partial charge in [-0.3, -0.25) is 4.79 Å². The largest absolute Gasteiger partial charge is 0.482 e. The van der Waals surface area contributed by atoms with Crippen LogP contribution in [0.5, 0.6) is 5.75 Å². The second-order valence-electron chi connectivity index (χ2n) is 5.63. The highest BCUT2D eigenvalue weighted by molar-refractivity contribution is 5.99. The fourth-order valence-corrected chi connectivity index (χ4v) is 2.30. The molecule has 0 aliphatic heterocycles. The summed E-state index contributed by atoms with van der Waals surface area (Å²) in [6, 6.07) is 12.9. The zero-order valence-electron chi connectivity index (χ0n) is 13.4. The maximum atomic E-state index is 12.7. The Morgan fingerprint density at radius 3 is 2.36 bits per heavy atom. The Balaban J connectivity index is 2.20. The molecule has 0 saturated heterocycles. The maximum Gasteiger partial charge on any atom is 0.203 e. The van der Waals surface area contributed by atoms with Gasteiger partial charge in [0, 0.05) is 11.3 Å². The normalized spacial score (nSPS) is 12.0. The summed E-state index contributed by atoms with van der Waals surface area (Å²) >= 11 is 0. The van der Waals surface area contributed by atoms with Gasteiger partial charge in [-0.15, -0.1) is 0 Å². The fourth-order valence-electron chi connectivity index (χ4n) is 2.30. The Morgan fingerprint density at radius 2 is 1.77 bits per heavy atom. The van der Waals surface area contributed by atoms with Gasteiger partial charge in [-0.1, -0.05) is 25.5 Å². The van der Waals surface area contributed by atoms with Crippen molar-refractivity contribution >= 4 is 11.5 Å². The molecule has 0 aliphatic carbocycles. The van der Waals surface area contributed by atoms with Gasteiger partial charge in [0.15, 0.2) is 6.10 Å². The highest BCUT2D eigenvalue weighted by Gasteiger charge is 2.21. The van der Waals surface area contributed by atoms with Gasteiger partial charge in [-0.05, 0) is 61.7 Å². The van der Waals surface area contributed by atoms with Gasteiger partial charge in [0.05, 0.1) is 0 Å². The van der Waals surface area contributed by atoms with Gasteiger partial charge in [0.2, 0.25) is 5.78 Å². The number of nitrogen functional groups attached to an aromatic ring is 1. The Hall–Kier alpha value is -2.29. The van der Waals surface area contributed by atoms with Crippen LogP contribution in [0.25, 0.3) is 0 Å². The molecule has 3 nitrogen and oxygen atoms in total. The van der Waals surface area contributed by atoms with Crippen LogP contribution >= 0.6 is 0 Å². The molecule has 3 heteroatoms. The number of Topliss-reactive ketones (excluding diaryl/α,β-unsaturated/α-hetero) is 1. The van der Waals surface area contributed by atoms with Crippen molar-refractivity contribution in [1.29, 1.82) is 0 Å². The number of ether oxygens (including phenoxy) is 1. The van der Waals surface area contributed by atoms with E-state index in [9.17, 15) is 4.79 Å². The lowest BCUT2D eigenvalue weighted by atomic mass is 9.99. The van der Waals surface area contributed by atoms with Crippen LogP contribution in [0.15, 0.2) is 42.5 Å². The number of hydrogen-bond donors (Lipinski definition) is 1. The summed E-state index contributed by atoms with van der Waals surface area (Å²) in [6.45, 7) is 6.10. The van der Waals surface area contributed by atoms with Crippen molar-refractivity contribution in [1.82, 2.24) is 0 Å². The molecule has 116 valence electrons. The van der Waals surface area contributed by atoms with Crippen molar-refractivity contribution in [3.05, 3.63) is 59.2 Å². The molecule has 2 aromatic carbocycles. The molecule has 0 amide bonds. The van der Waals surface area contributed by atoms with E-state index in [1.807, 2.05) is 39.0 Å². The number of nitrogens with two attached hydrogens (primary N) is 1. The van der Waals surface area contributed by atoms with Crippen molar-refractivity contribution in [2.45, 2.75) is 39.7 Å². The first-order valence-electron chi connectivity index (χ1n) is 7.65. The molecule has 0 heterocycles. The molecule has 1 atom stereocenters. The predicted octanol–water partition coefficient (Wildman–Crippen LogP) is 4.32. The number of rotatable bonds is 6. The van der Waals surface area contributed by atoms with E-state index >= 15 is 0 Å². The van der Waals surface area contributed by atoms with Crippen LogP contribution in [0, 0.1) is 13.8 Å². The minimum Gasteiger partial charge on any atom is -0.482 e. The molecule has 0 spiro atoms. The van der Waals surface area contributed by atoms with E-state index in [1.54, 1.807) is 24.3 Å². The summed E-state index contributed by atoms with van der Waals surface area (Å²) in [5.74, 6) is 0.701. The van der Waals surface area contributed by atoms with Crippen LogP contribution < -0.4 is 10.5 Å². The molecule has 22 heavy (non-hydrogen) atoms. The Kier molecular flexibility index (Phi) is 5.21. The summed E-state index contributed by atoms with van der Waals surface area (Å²) in [6.07, 6.45) is 1.11. The van der Waals surface area contributed by atoms with Crippen LogP contribution in [0.2, 0.25) is 0 Å². The summed E-state index contributed by atoms with van der Waals surface area (Å²) in [5, 5.41) is 0. The van der Waals surface area contributed by atoms with Crippen molar-refractivity contribution in [2.24, 2.45) is 0 Å². The number of aryl methyl sites for hydroxylation is 2. The van der Waals surface area contributed by atoms with Crippen LogP contribution in [0.3, 0.4) is 0 Å². The first-order chi connectivity index (χ1) is 10.5. The molecule has 2 aromatic rings. The molecule has 0 fully saturated rings. The van der Waals surface area contributed by atoms with Crippen LogP contribution in [0.1, 0.15) is 41.3 Å². The third-order valence-corrected chi connectivity index (χ3v) is 3.79. The number of carbonyl (C=O) groups excluding carboxylic acids is 1. The molecule has 0 saturated carbocycles. The van der Waals surface area contributed by atoms with Crippen LogP contribution in [-0.2, 0) is 0 Å². The number of anilines is 1. The molecule has 0 aromatic heterocycles. The van der Waals surface area contributed by atoms with E-state index in [4.69, 9.17) is 10.5 Å². The zero-order valence-corrected chi connectivity index (χ0v) is 13.4. The number of carbonyl (C=O) groups is 1. The lowest BCUT2D eigenvalue weighted by molar-refractivity contribution is 0.0777. The fraction of sp³-hybridized carbons (Fsp3) is 0.316. The number of hydrogen-bond acceptors (Lipinski definition) is 3. The second-order valence-corrected chi connectivity index (χ2v) is 5.63. The van der Waals surface area contributed by atoms with Crippen molar-refractivity contribution < 1.29 is 9.53 Å². The molecule has 1 unspecified atom stereocenters. The highest BCUT2D eigenvalue weighted by Crippen LogP contribution is 2.20. The minimum atomic E-state index is -0.462. The molecule has 0 bridgehead atoms. The number of benzene rings is 2. The Morgan fingerprint density at radius 1 is 1.09 bits per heavy atom. The van der Waals surface area contributed by atoms with Gasteiger partial charge in [0.1, 0.15) is 5.75 Å². The van der Waals surface area contributed by atoms with Gasteiger partial charge >= 0.3 is 0 Å². The topological polar surface area (TPSA) is 52.3 Å². The van der Waals surface area contributed by atoms with Crippen molar-refractivity contribution in [2.75, 3.05) is 5.73 Å². The smallest absolute Gasteiger partial charge is 0.203 e. The lowest BCUT2D eigenvalue weighted by Crippen LogP contribution is -2.27. The summed E-state index contributed by atoms with van der Waals surface area (Å²) in [5.41, 5.74) is 9.36. The first kappa shape index (κ1) is 16.1. The summed E-state index contributed by atoms with van der Waals surface area (Å²) in [4.78, 5) is 12.7. The molecule has 0 aliphatic rings. The quantitative estimate of drug-likeness (QED) is 0.638. The average molecular weight is 297 g/mol. The predicted molar refractivity (Wildman–Crippen MR) is 90.4 cm³/mol. The first-order valence-corrected chi connectivity index (χ1v) is 7.65. The molecular formula is C19H23NO2.